The Kier molecular flexibility index (Phi) is 8.10. The molecule has 0 radical (unpaired) electrons. The maximum atomic E-state index is 11.0. The lowest BCUT2D eigenvalue weighted by molar-refractivity contribution is 0.0680. The summed E-state index contributed by atoms with van der Waals surface area (Å²) in [7, 11) is 0. The van der Waals surface area contributed by atoms with E-state index in [1.54, 1.807) is 23.0 Å². The number of hydrogen-bond donors (Lipinski definition) is 2. The number of pyridine rings is 2. The van der Waals surface area contributed by atoms with Crippen LogP contribution in [-0.2, 0) is 25.9 Å². The van der Waals surface area contributed by atoms with Crippen molar-refractivity contribution < 1.29 is 19.8 Å². The quantitative estimate of drug-likeness (QED) is 0.270. The van der Waals surface area contributed by atoms with Crippen LogP contribution in [0, 0.1) is 6.92 Å². The Hall–Kier alpha value is -5.38. The van der Waals surface area contributed by atoms with E-state index in [0.29, 0.717) is 16.6 Å². The first-order chi connectivity index (χ1) is 19.9. The fourth-order valence-electron chi connectivity index (χ4n) is 4.46. The molecule has 0 saturated carbocycles. The van der Waals surface area contributed by atoms with Crippen LogP contribution in [0.5, 0.6) is 0 Å². The zero-order valence-corrected chi connectivity index (χ0v) is 22.4. The van der Waals surface area contributed by atoms with Crippen molar-refractivity contribution in [2.24, 2.45) is 0 Å². The number of aromatic nitrogens is 6. The zero-order valence-electron chi connectivity index (χ0n) is 22.4. The molecule has 0 atom stereocenters. The second-order valence-electron chi connectivity index (χ2n) is 9.45. The van der Waals surface area contributed by atoms with Crippen LogP contribution < -0.4 is 0 Å². The molecule has 206 valence electrons. The van der Waals surface area contributed by atoms with Gasteiger partial charge in [0.25, 0.3) is 0 Å². The smallest absolute Gasteiger partial charge is 0.354 e. The molecular weight excluding hydrogens is 520 g/mol. The molecule has 0 bridgehead atoms. The van der Waals surface area contributed by atoms with E-state index >= 15 is 0 Å². The van der Waals surface area contributed by atoms with E-state index in [-0.39, 0.29) is 11.4 Å². The van der Waals surface area contributed by atoms with Crippen molar-refractivity contribution in [3.8, 4) is 0 Å². The monoisotopic (exact) mass is 548 g/mol. The number of benzene rings is 2. The van der Waals surface area contributed by atoms with Gasteiger partial charge in [-0.2, -0.15) is 10.2 Å². The summed E-state index contributed by atoms with van der Waals surface area (Å²) in [6.07, 6.45) is 3.53. The van der Waals surface area contributed by atoms with Crippen LogP contribution in [0.25, 0.3) is 22.1 Å². The molecule has 2 aromatic carbocycles. The van der Waals surface area contributed by atoms with E-state index in [1.807, 2.05) is 48.0 Å². The van der Waals surface area contributed by atoms with Gasteiger partial charge in [0.05, 0.1) is 17.4 Å². The van der Waals surface area contributed by atoms with Crippen molar-refractivity contribution in [3.05, 3.63) is 119 Å². The highest BCUT2D eigenvalue weighted by molar-refractivity contribution is 5.89. The van der Waals surface area contributed by atoms with Crippen molar-refractivity contribution in [2.75, 3.05) is 0 Å². The second-order valence-corrected chi connectivity index (χ2v) is 9.45. The molecule has 0 fully saturated rings. The Morgan fingerprint density at radius 1 is 0.683 bits per heavy atom. The molecule has 4 aromatic heterocycles. The Morgan fingerprint density at radius 2 is 1.27 bits per heavy atom. The number of carbonyl (C=O) groups is 2. The first-order valence-electron chi connectivity index (χ1n) is 13.1. The predicted octanol–water partition coefficient (Wildman–Crippen LogP) is 5.05. The average Bonchev–Trinajstić information content (AvgIpc) is 3.55. The van der Waals surface area contributed by atoms with Crippen LogP contribution in [0.3, 0.4) is 0 Å². The Bertz CT molecular complexity index is 1810. The molecular formula is C31H28N6O4. The van der Waals surface area contributed by atoms with Crippen molar-refractivity contribution >= 4 is 34.0 Å². The molecule has 2 N–H and O–H groups in total. The summed E-state index contributed by atoms with van der Waals surface area (Å²) >= 11 is 0. The van der Waals surface area contributed by atoms with E-state index in [0.717, 1.165) is 37.1 Å². The molecule has 0 saturated heterocycles. The van der Waals surface area contributed by atoms with Gasteiger partial charge >= 0.3 is 11.9 Å². The first kappa shape index (κ1) is 27.2. The average molecular weight is 549 g/mol. The molecule has 6 rings (SSSR count). The van der Waals surface area contributed by atoms with Gasteiger partial charge in [0.15, 0.2) is 0 Å². The summed E-state index contributed by atoms with van der Waals surface area (Å²) in [5, 5.41) is 26.8. The van der Waals surface area contributed by atoms with Crippen LogP contribution in [0.15, 0.2) is 91.1 Å². The molecule has 0 spiro atoms. The lowest BCUT2D eigenvalue weighted by Crippen LogP contribution is -2.04. The third kappa shape index (κ3) is 6.62. The first-order valence-corrected chi connectivity index (χ1v) is 13.1. The van der Waals surface area contributed by atoms with E-state index in [4.69, 9.17) is 10.2 Å². The Labute approximate surface area is 235 Å². The minimum absolute atomic E-state index is 0.0418. The summed E-state index contributed by atoms with van der Waals surface area (Å²) in [4.78, 5) is 30.1. The number of aromatic carboxylic acids is 2. The number of nitrogens with zero attached hydrogens (tertiary/aromatic N) is 6. The van der Waals surface area contributed by atoms with Gasteiger partial charge in [-0.3, -0.25) is 9.36 Å². The third-order valence-corrected chi connectivity index (χ3v) is 6.54. The van der Waals surface area contributed by atoms with Gasteiger partial charge < -0.3 is 10.2 Å². The lowest BCUT2D eigenvalue weighted by atomic mass is 10.1. The molecule has 0 aliphatic carbocycles. The van der Waals surface area contributed by atoms with Gasteiger partial charge in [-0.15, -0.1) is 0 Å². The number of hydrogen-bond acceptors (Lipinski definition) is 6. The Balaban J connectivity index is 0.000000165. The molecule has 10 nitrogen and oxygen atoms in total. The van der Waals surface area contributed by atoms with Crippen LogP contribution in [0.1, 0.15) is 37.8 Å². The highest BCUT2D eigenvalue weighted by atomic mass is 16.4. The molecule has 4 heterocycles. The SMILES string of the molecule is Cc1nn(CCc2ccccc2)c2ccc(C(=O)O)nc12.O=C(O)c1ccc2nn(CCc3ccccc3)cc2n1. The van der Waals surface area contributed by atoms with Crippen LogP contribution in [0.2, 0.25) is 0 Å². The molecule has 6 aromatic rings. The summed E-state index contributed by atoms with van der Waals surface area (Å²) in [6.45, 7) is 3.32. The number of carboxylic acid groups (broad SMARTS) is 2. The van der Waals surface area contributed by atoms with Crippen molar-refractivity contribution in [1.29, 1.82) is 0 Å². The summed E-state index contributed by atoms with van der Waals surface area (Å²) in [5.41, 5.74) is 6.17. The highest BCUT2D eigenvalue weighted by Gasteiger charge is 2.13. The van der Waals surface area contributed by atoms with Gasteiger partial charge in [-0.05, 0) is 55.2 Å². The molecule has 0 unspecified atom stereocenters. The van der Waals surface area contributed by atoms with Gasteiger partial charge in [0, 0.05) is 13.1 Å². The van der Waals surface area contributed by atoms with Crippen LogP contribution in [0.4, 0.5) is 0 Å². The largest absolute Gasteiger partial charge is 0.477 e. The lowest BCUT2D eigenvalue weighted by Gasteiger charge is -2.04. The van der Waals surface area contributed by atoms with Gasteiger partial charge in [-0.1, -0.05) is 60.7 Å². The van der Waals surface area contributed by atoms with E-state index in [2.05, 4.69) is 44.4 Å². The summed E-state index contributed by atoms with van der Waals surface area (Å²) in [6, 6.07) is 26.8. The van der Waals surface area contributed by atoms with Crippen molar-refractivity contribution in [1.82, 2.24) is 29.5 Å². The number of rotatable bonds is 8. The van der Waals surface area contributed by atoms with Crippen molar-refractivity contribution in [2.45, 2.75) is 32.9 Å². The van der Waals surface area contributed by atoms with Crippen LogP contribution >= 0.6 is 0 Å². The van der Waals surface area contributed by atoms with Gasteiger partial charge in [-0.25, -0.2) is 19.6 Å². The summed E-state index contributed by atoms with van der Waals surface area (Å²) < 4.78 is 3.69. The maximum Gasteiger partial charge on any atom is 0.354 e. The Morgan fingerprint density at radius 3 is 1.90 bits per heavy atom. The van der Waals surface area contributed by atoms with E-state index in [9.17, 15) is 9.59 Å². The summed E-state index contributed by atoms with van der Waals surface area (Å²) in [5.74, 6) is -2.04. The molecule has 41 heavy (non-hydrogen) atoms. The second kappa shape index (κ2) is 12.2. The van der Waals surface area contributed by atoms with Crippen LogP contribution in [-0.4, -0.2) is 51.7 Å². The minimum Gasteiger partial charge on any atom is -0.477 e. The number of aryl methyl sites for hydroxylation is 5. The minimum atomic E-state index is -1.02. The van der Waals surface area contributed by atoms with E-state index in [1.165, 1.54) is 23.3 Å². The topological polar surface area (TPSA) is 136 Å². The normalized spacial score (nSPS) is 10.9. The highest BCUT2D eigenvalue weighted by Crippen LogP contribution is 2.17. The fourth-order valence-corrected chi connectivity index (χ4v) is 4.46. The molecule has 0 aliphatic rings. The van der Waals surface area contributed by atoms with Gasteiger partial charge in [0.1, 0.15) is 27.9 Å². The molecule has 0 amide bonds. The standard InChI is InChI=1S/C16H15N3O2.C15H13N3O2/c1-11-15-14(8-7-13(17-15)16(20)21)19(18-11)10-9-12-5-3-2-4-6-12;19-15(20)13-7-6-12-14(16-13)10-18(17-12)9-8-11-4-2-1-3-5-11/h2-8H,9-10H2,1H3,(H,20,21);1-7,10H,8-9H2,(H,19,20). The van der Waals surface area contributed by atoms with Crippen molar-refractivity contribution in [3.63, 3.8) is 0 Å². The zero-order chi connectivity index (χ0) is 28.8. The van der Waals surface area contributed by atoms with Gasteiger partial charge in [0.2, 0.25) is 0 Å². The molecule has 0 aliphatic heterocycles. The third-order valence-electron chi connectivity index (χ3n) is 6.54. The fraction of sp³-hybridized carbons (Fsp3) is 0.161. The number of carboxylic acids is 2. The molecule has 10 heteroatoms. The van der Waals surface area contributed by atoms with E-state index < -0.39 is 11.9 Å². The predicted molar refractivity (Wildman–Crippen MR) is 154 cm³/mol. The number of fused-ring (bicyclic) bond motifs is 2. The maximum absolute atomic E-state index is 11.0.